The number of carbonyl (C=O) groups is 1. The highest BCUT2D eigenvalue weighted by atomic mass is 32.2. The summed E-state index contributed by atoms with van der Waals surface area (Å²) in [5.41, 5.74) is 0.464. The Labute approximate surface area is 164 Å². The van der Waals surface area contributed by atoms with Gasteiger partial charge >= 0.3 is 0 Å². The van der Waals surface area contributed by atoms with Gasteiger partial charge in [-0.3, -0.25) is 4.79 Å². The first-order valence-corrected chi connectivity index (χ1v) is 10.1. The third-order valence-corrected chi connectivity index (χ3v) is 5.37. The first-order valence-electron chi connectivity index (χ1n) is 8.59. The zero-order valence-corrected chi connectivity index (χ0v) is 17.0. The number of methoxy groups -OCH3 is 2. The standard InChI is InChI=1S/C19H24N2O6S/c1-5-27-16-9-7-6-8-15(16)20-19(22)13(2)21-28(23,24)14-10-11-17(25-3)18(12-14)26-4/h6-13,21H,5H2,1-4H3,(H,20,22)/t13-/m1/s1. The van der Waals surface area contributed by atoms with E-state index in [1.165, 1.54) is 39.3 Å². The van der Waals surface area contributed by atoms with Gasteiger partial charge in [0.2, 0.25) is 15.9 Å². The van der Waals surface area contributed by atoms with Gasteiger partial charge in [-0.2, -0.15) is 4.72 Å². The second-order valence-electron chi connectivity index (χ2n) is 5.78. The van der Waals surface area contributed by atoms with Gasteiger partial charge in [0.1, 0.15) is 5.75 Å². The van der Waals surface area contributed by atoms with Gasteiger partial charge in [0.15, 0.2) is 11.5 Å². The third kappa shape index (κ3) is 5.14. The lowest BCUT2D eigenvalue weighted by Gasteiger charge is -2.17. The van der Waals surface area contributed by atoms with Crippen molar-refractivity contribution in [2.24, 2.45) is 0 Å². The summed E-state index contributed by atoms with van der Waals surface area (Å²) < 4.78 is 43.3. The number of sulfonamides is 1. The molecule has 28 heavy (non-hydrogen) atoms. The number of para-hydroxylation sites is 2. The molecule has 1 atom stereocenters. The molecule has 0 bridgehead atoms. The first kappa shape index (κ1) is 21.5. The Balaban J connectivity index is 2.15. The second kappa shape index (κ2) is 9.43. The molecule has 0 radical (unpaired) electrons. The molecule has 0 saturated heterocycles. The summed E-state index contributed by atoms with van der Waals surface area (Å²) in [5.74, 6) is 0.664. The lowest BCUT2D eigenvalue weighted by atomic mass is 10.2. The van der Waals surface area contributed by atoms with E-state index in [2.05, 4.69) is 10.0 Å². The van der Waals surface area contributed by atoms with Crippen molar-refractivity contribution in [3.8, 4) is 17.2 Å². The minimum Gasteiger partial charge on any atom is -0.493 e. The van der Waals surface area contributed by atoms with E-state index in [1.54, 1.807) is 24.3 Å². The Morgan fingerprint density at radius 1 is 1.04 bits per heavy atom. The van der Waals surface area contributed by atoms with Crippen molar-refractivity contribution < 1.29 is 27.4 Å². The molecule has 0 heterocycles. The van der Waals surface area contributed by atoms with Gasteiger partial charge in [0, 0.05) is 6.07 Å². The van der Waals surface area contributed by atoms with Crippen LogP contribution in [0.25, 0.3) is 0 Å². The van der Waals surface area contributed by atoms with E-state index in [0.717, 1.165) is 0 Å². The zero-order valence-electron chi connectivity index (χ0n) is 16.2. The fraction of sp³-hybridized carbons (Fsp3) is 0.316. The highest BCUT2D eigenvalue weighted by molar-refractivity contribution is 7.89. The summed E-state index contributed by atoms with van der Waals surface area (Å²) >= 11 is 0. The number of rotatable bonds is 9. The van der Waals surface area contributed by atoms with Crippen molar-refractivity contribution in [1.29, 1.82) is 0 Å². The van der Waals surface area contributed by atoms with Crippen LogP contribution >= 0.6 is 0 Å². The summed E-state index contributed by atoms with van der Waals surface area (Å²) in [6.07, 6.45) is 0. The molecule has 0 aromatic heterocycles. The van der Waals surface area contributed by atoms with E-state index in [-0.39, 0.29) is 10.6 Å². The summed E-state index contributed by atoms with van der Waals surface area (Å²) in [5, 5.41) is 2.67. The number of hydrogen-bond donors (Lipinski definition) is 2. The molecular weight excluding hydrogens is 384 g/mol. The number of amides is 1. The molecule has 2 aromatic rings. The molecule has 2 aromatic carbocycles. The molecule has 9 heteroatoms. The van der Waals surface area contributed by atoms with Gasteiger partial charge in [0.05, 0.1) is 37.5 Å². The van der Waals surface area contributed by atoms with Crippen molar-refractivity contribution >= 4 is 21.6 Å². The molecule has 0 fully saturated rings. The van der Waals surface area contributed by atoms with Crippen LogP contribution in [0.1, 0.15) is 13.8 Å². The van der Waals surface area contributed by atoms with Crippen molar-refractivity contribution in [3.63, 3.8) is 0 Å². The lowest BCUT2D eigenvalue weighted by Crippen LogP contribution is -2.41. The van der Waals surface area contributed by atoms with Crippen LogP contribution in [0.4, 0.5) is 5.69 Å². The molecule has 8 nitrogen and oxygen atoms in total. The lowest BCUT2D eigenvalue weighted by molar-refractivity contribution is -0.117. The van der Waals surface area contributed by atoms with Crippen LogP contribution in [-0.4, -0.2) is 41.2 Å². The maximum atomic E-state index is 12.6. The van der Waals surface area contributed by atoms with Crippen LogP contribution in [0.15, 0.2) is 47.4 Å². The van der Waals surface area contributed by atoms with E-state index in [4.69, 9.17) is 14.2 Å². The maximum absolute atomic E-state index is 12.6. The Bertz CT molecular complexity index is 930. The SMILES string of the molecule is CCOc1ccccc1NC(=O)[C@@H](C)NS(=O)(=O)c1ccc(OC)c(OC)c1. The van der Waals surface area contributed by atoms with Gasteiger partial charge in [-0.25, -0.2) is 8.42 Å². The van der Waals surface area contributed by atoms with E-state index < -0.39 is 22.0 Å². The van der Waals surface area contributed by atoms with Crippen LogP contribution < -0.4 is 24.2 Å². The summed E-state index contributed by atoms with van der Waals surface area (Å²) in [6, 6.07) is 10.1. The van der Waals surface area contributed by atoms with Crippen molar-refractivity contribution in [1.82, 2.24) is 4.72 Å². The Morgan fingerprint density at radius 2 is 1.71 bits per heavy atom. The maximum Gasteiger partial charge on any atom is 0.242 e. The van der Waals surface area contributed by atoms with E-state index in [0.29, 0.717) is 23.8 Å². The van der Waals surface area contributed by atoms with Crippen LogP contribution in [0.5, 0.6) is 17.2 Å². The van der Waals surface area contributed by atoms with Crippen molar-refractivity contribution in [2.75, 3.05) is 26.1 Å². The monoisotopic (exact) mass is 408 g/mol. The minimum atomic E-state index is -3.95. The normalized spacial score (nSPS) is 12.1. The molecule has 0 aliphatic heterocycles. The van der Waals surface area contributed by atoms with Gasteiger partial charge in [-0.15, -0.1) is 0 Å². The van der Waals surface area contributed by atoms with Crippen LogP contribution in [-0.2, 0) is 14.8 Å². The Morgan fingerprint density at radius 3 is 2.36 bits per heavy atom. The average Bonchev–Trinajstić information content (AvgIpc) is 2.68. The summed E-state index contributed by atoms with van der Waals surface area (Å²) in [4.78, 5) is 12.4. The Kier molecular flexibility index (Phi) is 7.24. The summed E-state index contributed by atoms with van der Waals surface area (Å²) in [7, 11) is -1.09. The number of hydrogen-bond acceptors (Lipinski definition) is 6. The van der Waals surface area contributed by atoms with Crippen LogP contribution in [0.3, 0.4) is 0 Å². The molecular formula is C19H24N2O6S. The zero-order chi connectivity index (χ0) is 20.7. The molecule has 0 spiro atoms. The predicted octanol–water partition coefficient (Wildman–Crippen LogP) is 2.41. The molecule has 2 N–H and O–H groups in total. The molecule has 0 aliphatic rings. The highest BCUT2D eigenvalue weighted by Gasteiger charge is 2.24. The molecule has 0 saturated carbocycles. The van der Waals surface area contributed by atoms with E-state index in [1.807, 2.05) is 6.92 Å². The number of anilines is 1. The molecule has 1 amide bonds. The number of benzene rings is 2. The molecule has 152 valence electrons. The van der Waals surface area contributed by atoms with Gasteiger partial charge in [-0.1, -0.05) is 12.1 Å². The molecule has 0 unspecified atom stereocenters. The topological polar surface area (TPSA) is 103 Å². The van der Waals surface area contributed by atoms with E-state index >= 15 is 0 Å². The summed E-state index contributed by atoms with van der Waals surface area (Å²) in [6.45, 7) is 3.73. The molecule has 2 rings (SSSR count). The van der Waals surface area contributed by atoms with Gasteiger partial charge in [-0.05, 0) is 38.1 Å². The smallest absolute Gasteiger partial charge is 0.242 e. The fourth-order valence-corrected chi connectivity index (χ4v) is 3.65. The Hall–Kier alpha value is -2.78. The van der Waals surface area contributed by atoms with Crippen LogP contribution in [0, 0.1) is 0 Å². The largest absolute Gasteiger partial charge is 0.493 e. The van der Waals surface area contributed by atoms with Gasteiger partial charge in [0.25, 0.3) is 0 Å². The number of carbonyl (C=O) groups excluding carboxylic acids is 1. The third-order valence-electron chi connectivity index (χ3n) is 3.84. The van der Waals surface area contributed by atoms with Crippen LogP contribution in [0.2, 0.25) is 0 Å². The molecule has 0 aliphatic carbocycles. The van der Waals surface area contributed by atoms with Crippen molar-refractivity contribution in [2.45, 2.75) is 24.8 Å². The number of nitrogens with one attached hydrogen (secondary N) is 2. The predicted molar refractivity (Wildman–Crippen MR) is 106 cm³/mol. The highest BCUT2D eigenvalue weighted by Crippen LogP contribution is 2.29. The van der Waals surface area contributed by atoms with Gasteiger partial charge < -0.3 is 19.5 Å². The first-order chi connectivity index (χ1) is 13.3. The van der Waals surface area contributed by atoms with E-state index in [9.17, 15) is 13.2 Å². The minimum absolute atomic E-state index is 0.0421. The number of ether oxygens (including phenoxy) is 3. The quantitative estimate of drug-likeness (QED) is 0.661. The average molecular weight is 408 g/mol. The van der Waals surface area contributed by atoms with Crippen molar-refractivity contribution in [3.05, 3.63) is 42.5 Å². The second-order valence-corrected chi connectivity index (χ2v) is 7.49. The fourth-order valence-electron chi connectivity index (χ4n) is 2.43.